The number of carboxylic acid groups (broad SMARTS) is 1. The Kier molecular flexibility index (Phi) is 8.01. The van der Waals surface area contributed by atoms with Gasteiger partial charge in [-0.15, -0.1) is 16.9 Å². The number of amides is 2. The van der Waals surface area contributed by atoms with Crippen molar-refractivity contribution in [1.29, 1.82) is 0 Å². The second-order valence-corrected chi connectivity index (χ2v) is 13.8. The van der Waals surface area contributed by atoms with Gasteiger partial charge in [0.1, 0.15) is 28.5 Å². The Bertz CT molecular complexity index is 1850. The largest absolute Gasteiger partial charge is 0.477 e. The van der Waals surface area contributed by atoms with Crippen molar-refractivity contribution in [1.82, 2.24) is 39.9 Å². The molecule has 2 amide bonds. The molecule has 0 spiro atoms. The third-order valence-corrected chi connectivity index (χ3v) is 11.4. The highest BCUT2D eigenvalue weighted by Crippen LogP contribution is 2.42. The third-order valence-electron chi connectivity index (χ3n) is 8.94. The molecule has 0 bridgehead atoms. The quantitative estimate of drug-likeness (QED) is 0.249. The maximum Gasteiger partial charge on any atom is 0.352 e. The third kappa shape index (κ3) is 5.33. The van der Waals surface area contributed by atoms with Gasteiger partial charge in [0.15, 0.2) is 0 Å². The number of carbonyl (C=O) groups is 3. The van der Waals surface area contributed by atoms with Crippen molar-refractivity contribution in [2.75, 3.05) is 49.1 Å². The van der Waals surface area contributed by atoms with E-state index in [1.807, 2.05) is 9.47 Å². The van der Waals surface area contributed by atoms with Gasteiger partial charge >= 0.3 is 5.97 Å². The van der Waals surface area contributed by atoms with Crippen LogP contribution in [0.4, 0.5) is 10.1 Å². The molecule has 3 aliphatic heterocycles. The molecular weight excluding hydrogens is 638 g/mol. The lowest BCUT2D eigenvalue weighted by Gasteiger charge is -2.49. The number of piperazine rings is 1. The normalized spacial score (nSPS) is 21.8. The SMILES string of the molecule is CCN1CCN(c2cc3c(cc2F)c(=O)c(C(=O)N[C@@H]2C(=O)N4C(C(=O)O)=C(CSc5nnnn5C)CS[C@H]24)cn3C2CC2)CC1. The van der Waals surface area contributed by atoms with Gasteiger partial charge < -0.3 is 24.8 Å². The number of likely N-dealkylation sites (N-methyl/N-ethyl adjacent to an activating group) is 1. The summed E-state index contributed by atoms with van der Waals surface area (Å²) in [4.78, 5) is 58.2. The van der Waals surface area contributed by atoms with Gasteiger partial charge in [0.05, 0.1) is 11.2 Å². The second kappa shape index (κ2) is 12.0. The fraction of sp³-hybridized carbons (Fsp3) is 0.483. The molecule has 1 saturated carbocycles. The summed E-state index contributed by atoms with van der Waals surface area (Å²) in [6.45, 7) is 6.03. The van der Waals surface area contributed by atoms with Gasteiger partial charge in [-0.25, -0.2) is 13.9 Å². The van der Waals surface area contributed by atoms with Gasteiger partial charge in [0.25, 0.3) is 11.8 Å². The number of aliphatic carboxylic acids is 1. The molecule has 1 aliphatic carbocycles. The van der Waals surface area contributed by atoms with Gasteiger partial charge in [-0.2, -0.15) is 0 Å². The van der Waals surface area contributed by atoms with Crippen LogP contribution in [0, 0.1) is 5.82 Å². The minimum Gasteiger partial charge on any atom is -0.477 e. The van der Waals surface area contributed by atoms with E-state index >= 15 is 4.39 Å². The molecule has 7 rings (SSSR count). The number of hydrogen-bond donors (Lipinski definition) is 2. The van der Waals surface area contributed by atoms with Crippen LogP contribution in [0.15, 0.2) is 39.6 Å². The monoisotopic (exact) mass is 669 g/mol. The van der Waals surface area contributed by atoms with Gasteiger partial charge in [-0.3, -0.25) is 19.3 Å². The first-order chi connectivity index (χ1) is 22.2. The highest BCUT2D eigenvalue weighted by atomic mass is 32.2. The zero-order valence-electron chi connectivity index (χ0n) is 25.2. The van der Waals surface area contributed by atoms with Gasteiger partial charge in [-0.05, 0) is 47.5 Å². The Morgan fingerprint density at radius 3 is 2.59 bits per heavy atom. The van der Waals surface area contributed by atoms with Crippen LogP contribution in [0.2, 0.25) is 0 Å². The van der Waals surface area contributed by atoms with Gasteiger partial charge in [0.2, 0.25) is 10.6 Å². The molecule has 3 fully saturated rings. The van der Waals surface area contributed by atoms with Gasteiger partial charge in [0, 0.05) is 62.4 Å². The minimum absolute atomic E-state index is 0.0801. The molecule has 46 heavy (non-hydrogen) atoms. The van der Waals surface area contributed by atoms with Crippen LogP contribution in [0.5, 0.6) is 0 Å². The summed E-state index contributed by atoms with van der Waals surface area (Å²) in [6.07, 6.45) is 3.25. The zero-order chi connectivity index (χ0) is 32.3. The molecule has 5 heterocycles. The van der Waals surface area contributed by atoms with Crippen LogP contribution < -0.4 is 15.6 Å². The number of nitrogens with zero attached hydrogens (tertiary/aromatic N) is 8. The predicted octanol–water partition coefficient (Wildman–Crippen LogP) is 1.29. The van der Waals surface area contributed by atoms with Crippen LogP contribution >= 0.6 is 23.5 Å². The molecule has 0 unspecified atom stereocenters. The Morgan fingerprint density at radius 2 is 1.93 bits per heavy atom. The van der Waals surface area contributed by atoms with Crippen molar-refractivity contribution in [2.24, 2.45) is 7.05 Å². The number of carbonyl (C=O) groups excluding carboxylic acids is 2. The van der Waals surface area contributed by atoms with Crippen LogP contribution in [-0.4, -0.2) is 113 Å². The van der Waals surface area contributed by atoms with Crippen LogP contribution in [-0.2, 0) is 16.6 Å². The van der Waals surface area contributed by atoms with Crippen molar-refractivity contribution in [3.8, 4) is 0 Å². The van der Waals surface area contributed by atoms with Crippen LogP contribution in [0.3, 0.4) is 0 Å². The maximum atomic E-state index is 15.5. The van der Waals surface area contributed by atoms with E-state index in [4.69, 9.17) is 0 Å². The first kappa shape index (κ1) is 30.7. The summed E-state index contributed by atoms with van der Waals surface area (Å²) < 4.78 is 18.9. The fourth-order valence-corrected chi connectivity index (χ4v) is 8.57. The summed E-state index contributed by atoms with van der Waals surface area (Å²) in [7, 11) is 1.67. The van der Waals surface area contributed by atoms with E-state index in [9.17, 15) is 24.3 Å². The Morgan fingerprint density at radius 1 is 1.17 bits per heavy atom. The highest BCUT2D eigenvalue weighted by molar-refractivity contribution is 8.01. The summed E-state index contributed by atoms with van der Waals surface area (Å²) in [5, 5.41) is 23.9. The van der Waals surface area contributed by atoms with E-state index in [2.05, 4.69) is 32.7 Å². The standard InChI is InChI=1S/C29H32FN9O5S2/c1-3-36-6-8-37(9-7-36)21-11-20-17(10-19(21)30)24(40)18(12-38(20)16-4-5-16)25(41)31-22-26(42)39-23(28(43)44)15(13-45-27(22)39)14-46-29-32-33-34-35(29)2/h10-12,16,22,27H,3-9,13-14H2,1-2H3,(H,31,41)(H,43,44)/t22-,27-/m1/s1. The number of anilines is 1. The lowest BCUT2D eigenvalue weighted by Crippen LogP contribution is -2.70. The number of aromatic nitrogens is 5. The molecule has 0 radical (unpaired) electrons. The molecule has 17 heteroatoms. The van der Waals surface area contributed by atoms with E-state index < -0.39 is 40.4 Å². The van der Waals surface area contributed by atoms with E-state index in [0.717, 1.165) is 32.5 Å². The first-order valence-corrected chi connectivity index (χ1v) is 17.1. The molecule has 2 saturated heterocycles. The van der Waals surface area contributed by atoms with Crippen molar-refractivity contribution < 1.29 is 23.9 Å². The summed E-state index contributed by atoms with van der Waals surface area (Å²) >= 11 is 2.59. The lowest BCUT2D eigenvalue weighted by molar-refractivity contribution is -0.148. The average molecular weight is 670 g/mol. The first-order valence-electron chi connectivity index (χ1n) is 15.1. The number of nitrogens with one attached hydrogen (secondary N) is 1. The molecule has 242 valence electrons. The summed E-state index contributed by atoms with van der Waals surface area (Å²) in [5.74, 6) is -2.51. The number of pyridine rings is 1. The highest BCUT2D eigenvalue weighted by Gasteiger charge is 2.54. The van der Waals surface area contributed by atoms with Crippen molar-refractivity contribution >= 4 is 57.9 Å². The van der Waals surface area contributed by atoms with Crippen molar-refractivity contribution in [3.63, 3.8) is 0 Å². The number of fused-ring (bicyclic) bond motifs is 2. The lowest BCUT2D eigenvalue weighted by atomic mass is 10.0. The van der Waals surface area contributed by atoms with Crippen LogP contribution in [0.25, 0.3) is 10.9 Å². The number of thioether (sulfide) groups is 2. The summed E-state index contributed by atoms with van der Waals surface area (Å²) in [6, 6.07) is 2.00. The minimum atomic E-state index is -1.24. The number of β-lactam (4-membered cyclic amide) rings is 1. The predicted molar refractivity (Wildman–Crippen MR) is 169 cm³/mol. The molecule has 14 nitrogen and oxygen atoms in total. The molecule has 1 aromatic carbocycles. The van der Waals surface area contributed by atoms with E-state index in [0.29, 0.717) is 40.8 Å². The summed E-state index contributed by atoms with van der Waals surface area (Å²) in [5.41, 5.74) is 0.636. The maximum absolute atomic E-state index is 15.5. The van der Waals surface area contributed by atoms with E-state index in [1.165, 1.54) is 45.4 Å². The molecule has 2 atom stereocenters. The molecule has 2 N–H and O–H groups in total. The number of aryl methyl sites for hydroxylation is 1. The van der Waals surface area contributed by atoms with Crippen LogP contribution in [0.1, 0.15) is 36.2 Å². The Hall–Kier alpha value is -3.96. The Labute approximate surface area is 270 Å². The molecule has 2 aromatic heterocycles. The number of tetrazole rings is 1. The number of carboxylic acids is 1. The smallest absolute Gasteiger partial charge is 0.352 e. The number of hydrogen-bond acceptors (Lipinski definition) is 11. The van der Waals surface area contributed by atoms with E-state index in [1.54, 1.807) is 13.1 Å². The second-order valence-electron chi connectivity index (χ2n) is 11.7. The topological polar surface area (TPSA) is 159 Å². The fourth-order valence-electron chi connectivity index (χ4n) is 6.23. The molecule has 3 aromatic rings. The van der Waals surface area contributed by atoms with Gasteiger partial charge in [-0.1, -0.05) is 18.7 Å². The average Bonchev–Trinajstić information content (AvgIpc) is 3.82. The Balaban J connectivity index is 1.13. The van der Waals surface area contributed by atoms with Crippen molar-refractivity contribution in [3.05, 3.63) is 51.2 Å². The zero-order valence-corrected chi connectivity index (χ0v) is 26.8. The van der Waals surface area contributed by atoms with Crippen molar-refractivity contribution in [2.45, 2.75) is 42.4 Å². The van der Waals surface area contributed by atoms with E-state index in [-0.39, 0.29) is 28.4 Å². The molecular formula is C29H32FN9O5S2. The molecule has 4 aliphatic rings. The number of rotatable bonds is 9. The number of benzene rings is 1. The number of halogens is 1.